The van der Waals surface area contributed by atoms with Crippen LogP contribution >= 0.6 is 0 Å². The first kappa shape index (κ1) is 17.8. The minimum Gasteiger partial charge on any atom is -0.342 e. The molecule has 4 rings (SSSR count). The van der Waals surface area contributed by atoms with Gasteiger partial charge in [-0.25, -0.2) is 4.98 Å². The van der Waals surface area contributed by atoms with Crippen LogP contribution in [-0.4, -0.2) is 50.8 Å². The van der Waals surface area contributed by atoms with Gasteiger partial charge in [0.05, 0.1) is 18.2 Å². The lowest BCUT2D eigenvalue weighted by molar-refractivity contribution is -0.129. The Morgan fingerprint density at radius 3 is 2.67 bits per heavy atom. The summed E-state index contributed by atoms with van der Waals surface area (Å²) in [5.41, 5.74) is 2.60. The fraction of sp³-hybridized carbons (Fsp3) is 0.476. The topological polar surface area (TPSA) is 58.4 Å². The average Bonchev–Trinajstić information content (AvgIpc) is 3.31. The van der Waals surface area contributed by atoms with Crippen LogP contribution in [0.2, 0.25) is 0 Å². The number of aromatic nitrogens is 2. The molecule has 142 valence electrons. The van der Waals surface area contributed by atoms with Crippen molar-refractivity contribution >= 4 is 11.8 Å². The van der Waals surface area contributed by atoms with Crippen LogP contribution in [0.1, 0.15) is 53.2 Å². The molecule has 0 N–H and O–H groups in total. The summed E-state index contributed by atoms with van der Waals surface area (Å²) in [6.45, 7) is 7.09. The number of rotatable bonds is 3. The molecule has 2 aliphatic rings. The van der Waals surface area contributed by atoms with E-state index in [1.54, 1.807) is 0 Å². The lowest BCUT2D eigenvalue weighted by Gasteiger charge is -2.33. The largest absolute Gasteiger partial charge is 0.342 e. The number of fused-ring (bicyclic) bond motifs is 1. The lowest BCUT2D eigenvalue weighted by atomic mass is 10.1. The van der Waals surface area contributed by atoms with Gasteiger partial charge in [0, 0.05) is 37.9 Å². The highest BCUT2D eigenvalue weighted by molar-refractivity contribution is 5.94. The van der Waals surface area contributed by atoms with E-state index in [1.807, 2.05) is 54.1 Å². The van der Waals surface area contributed by atoms with Gasteiger partial charge in [-0.2, -0.15) is 0 Å². The van der Waals surface area contributed by atoms with E-state index in [4.69, 9.17) is 4.98 Å². The molecule has 2 aliphatic heterocycles. The quantitative estimate of drug-likeness (QED) is 0.839. The van der Waals surface area contributed by atoms with Crippen LogP contribution in [-0.2, 0) is 17.8 Å². The molecule has 1 atom stereocenters. The molecule has 0 unspecified atom stereocenters. The lowest BCUT2D eigenvalue weighted by Crippen LogP contribution is -2.41. The van der Waals surface area contributed by atoms with Gasteiger partial charge < -0.3 is 14.4 Å². The molecule has 3 heterocycles. The van der Waals surface area contributed by atoms with Crippen molar-refractivity contribution in [2.24, 2.45) is 0 Å². The number of benzene rings is 1. The standard InChI is InChI=1S/C21H26N4O2/c1-15-6-5-7-17(12-15)21(27)25-11-10-24-14-18(22-20(24)16(25)2)13-19(26)23-8-3-4-9-23/h5-7,12,14,16H,3-4,8-11,13H2,1-2H3/t16-/m0/s1. The van der Waals surface area contributed by atoms with Crippen LogP contribution in [0.5, 0.6) is 0 Å². The highest BCUT2D eigenvalue weighted by Gasteiger charge is 2.31. The van der Waals surface area contributed by atoms with E-state index in [0.717, 1.165) is 43.0 Å². The van der Waals surface area contributed by atoms with E-state index in [9.17, 15) is 9.59 Å². The van der Waals surface area contributed by atoms with E-state index in [-0.39, 0.29) is 17.9 Å². The van der Waals surface area contributed by atoms with Crippen molar-refractivity contribution in [3.8, 4) is 0 Å². The Kier molecular flexibility index (Phi) is 4.72. The summed E-state index contributed by atoms with van der Waals surface area (Å²) in [5.74, 6) is 1.06. The molecule has 27 heavy (non-hydrogen) atoms. The number of imidazole rings is 1. The third-order valence-corrected chi connectivity index (χ3v) is 5.60. The Bertz CT molecular complexity index is 867. The molecule has 1 aromatic heterocycles. The molecule has 0 aliphatic carbocycles. The van der Waals surface area contributed by atoms with Crippen molar-refractivity contribution < 1.29 is 9.59 Å². The summed E-state index contributed by atoms with van der Waals surface area (Å²) in [7, 11) is 0. The summed E-state index contributed by atoms with van der Waals surface area (Å²) in [6, 6.07) is 7.59. The number of hydrogen-bond acceptors (Lipinski definition) is 3. The molecule has 1 aromatic carbocycles. The number of carbonyl (C=O) groups is 2. The SMILES string of the molecule is Cc1cccc(C(=O)N2CCn3cc(CC(=O)N4CCCC4)nc3[C@@H]2C)c1. The number of aryl methyl sites for hydroxylation is 1. The number of hydrogen-bond donors (Lipinski definition) is 0. The van der Waals surface area contributed by atoms with Gasteiger partial charge in [-0.3, -0.25) is 9.59 Å². The highest BCUT2D eigenvalue weighted by Crippen LogP contribution is 2.27. The zero-order valence-corrected chi connectivity index (χ0v) is 16.0. The molecule has 0 saturated carbocycles. The third-order valence-electron chi connectivity index (χ3n) is 5.60. The van der Waals surface area contributed by atoms with Gasteiger partial charge in [0.2, 0.25) is 5.91 Å². The zero-order valence-electron chi connectivity index (χ0n) is 16.0. The van der Waals surface area contributed by atoms with Crippen LogP contribution in [0.15, 0.2) is 30.5 Å². The summed E-state index contributed by atoms with van der Waals surface area (Å²) in [6.07, 6.45) is 4.52. The molecule has 0 spiro atoms. The summed E-state index contributed by atoms with van der Waals surface area (Å²) in [5, 5.41) is 0. The Balaban J connectivity index is 1.50. The fourth-order valence-corrected chi connectivity index (χ4v) is 4.09. The van der Waals surface area contributed by atoms with Crippen molar-refractivity contribution in [2.45, 2.75) is 45.7 Å². The van der Waals surface area contributed by atoms with E-state index in [0.29, 0.717) is 25.1 Å². The van der Waals surface area contributed by atoms with Crippen LogP contribution in [0.4, 0.5) is 0 Å². The molecular formula is C21H26N4O2. The van der Waals surface area contributed by atoms with Gasteiger partial charge in [0.15, 0.2) is 0 Å². The van der Waals surface area contributed by atoms with E-state index in [2.05, 4.69) is 4.57 Å². The molecule has 1 fully saturated rings. The first-order chi connectivity index (χ1) is 13.0. The van der Waals surface area contributed by atoms with Crippen LogP contribution in [0.25, 0.3) is 0 Å². The molecule has 2 amide bonds. The predicted molar refractivity (Wildman–Crippen MR) is 102 cm³/mol. The Morgan fingerprint density at radius 2 is 1.93 bits per heavy atom. The van der Waals surface area contributed by atoms with Crippen LogP contribution < -0.4 is 0 Å². The maximum Gasteiger partial charge on any atom is 0.254 e. The normalized spacial score (nSPS) is 19.3. The van der Waals surface area contributed by atoms with Crippen LogP contribution in [0.3, 0.4) is 0 Å². The minimum atomic E-state index is -0.109. The minimum absolute atomic E-state index is 0.0372. The smallest absolute Gasteiger partial charge is 0.254 e. The summed E-state index contributed by atoms with van der Waals surface area (Å²) in [4.78, 5) is 33.9. The molecule has 1 saturated heterocycles. The second kappa shape index (κ2) is 7.18. The highest BCUT2D eigenvalue weighted by atomic mass is 16.2. The maximum atomic E-state index is 13.0. The molecule has 2 aromatic rings. The third kappa shape index (κ3) is 3.48. The van der Waals surface area contributed by atoms with Crippen molar-refractivity contribution in [3.05, 3.63) is 53.1 Å². The molecular weight excluding hydrogens is 340 g/mol. The van der Waals surface area contributed by atoms with Crippen molar-refractivity contribution in [1.29, 1.82) is 0 Å². The monoisotopic (exact) mass is 366 g/mol. The number of nitrogens with zero attached hydrogens (tertiary/aromatic N) is 4. The van der Waals surface area contributed by atoms with Crippen molar-refractivity contribution in [3.63, 3.8) is 0 Å². The Hall–Kier alpha value is -2.63. The average molecular weight is 366 g/mol. The molecule has 0 bridgehead atoms. The summed E-state index contributed by atoms with van der Waals surface area (Å²) >= 11 is 0. The van der Waals surface area contributed by atoms with Crippen LogP contribution in [0, 0.1) is 6.92 Å². The predicted octanol–water partition coefficient (Wildman–Crippen LogP) is 2.57. The van der Waals surface area contributed by atoms with E-state index < -0.39 is 0 Å². The summed E-state index contributed by atoms with van der Waals surface area (Å²) < 4.78 is 2.09. The second-order valence-electron chi connectivity index (χ2n) is 7.59. The Morgan fingerprint density at radius 1 is 1.15 bits per heavy atom. The van der Waals surface area contributed by atoms with Gasteiger partial charge in [-0.1, -0.05) is 17.7 Å². The molecule has 6 heteroatoms. The van der Waals surface area contributed by atoms with Gasteiger partial charge in [-0.15, -0.1) is 0 Å². The van der Waals surface area contributed by atoms with Gasteiger partial charge in [0.1, 0.15) is 5.82 Å². The van der Waals surface area contributed by atoms with Crippen molar-refractivity contribution in [2.75, 3.05) is 19.6 Å². The number of carbonyl (C=O) groups excluding carboxylic acids is 2. The Labute approximate surface area is 159 Å². The van der Waals surface area contributed by atoms with Gasteiger partial charge in [0.25, 0.3) is 5.91 Å². The van der Waals surface area contributed by atoms with Gasteiger partial charge in [-0.05, 0) is 38.8 Å². The zero-order chi connectivity index (χ0) is 19.0. The number of likely N-dealkylation sites (tertiary alicyclic amines) is 1. The van der Waals surface area contributed by atoms with E-state index in [1.165, 1.54) is 0 Å². The number of amides is 2. The maximum absolute atomic E-state index is 13.0. The van der Waals surface area contributed by atoms with E-state index >= 15 is 0 Å². The first-order valence-electron chi connectivity index (χ1n) is 9.74. The molecule has 0 radical (unpaired) electrons. The first-order valence-corrected chi connectivity index (χ1v) is 9.74. The fourth-order valence-electron chi connectivity index (χ4n) is 4.09. The molecule has 6 nitrogen and oxygen atoms in total. The van der Waals surface area contributed by atoms with Gasteiger partial charge >= 0.3 is 0 Å². The second-order valence-corrected chi connectivity index (χ2v) is 7.59. The van der Waals surface area contributed by atoms with Crippen molar-refractivity contribution in [1.82, 2.24) is 19.4 Å².